The maximum atomic E-state index is 11.3. The molecule has 1 saturated carbocycles. The molecule has 0 atom stereocenters. The van der Waals surface area contributed by atoms with Gasteiger partial charge in [0.1, 0.15) is 11.3 Å². The molecule has 1 fully saturated rings. The number of para-hydroxylation sites is 2. The number of nitrogens with one attached hydrogen (secondary N) is 1. The summed E-state index contributed by atoms with van der Waals surface area (Å²) in [6.07, 6.45) is 1.31. The summed E-state index contributed by atoms with van der Waals surface area (Å²) in [5.74, 6) is 0.336. The van der Waals surface area contributed by atoms with E-state index in [1.807, 2.05) is 24.3 Å². The van der Waals surface area contributed by atoms with E-state index in [9.17, 15) is 9.90 Å². The van der Waals surface area contributed by atoms with Gasteiger partial charge in [-0.05, 0) is 30.9 Å². The van der Waals surface area contributed by atoms with E-state index < -0.39 is 11.5 Å². The number of rotatable bonds is 4. The highest BCUT2D eigenvalue weighted by Crippen LogP contribution is 2.41. The summed E-state index contributed by atoms with van der Waals surface area (Å²) in [6, 6.07) is 7.38. The number of aliphatic carboxylic acids is 1. The van der Waals surface area contributed by atoms with Gasteiger partial charge in [-0.25, -0.2) is 4.79 Å². The quantitative estimate of drug-likeness (QED) is 0.841. The number of anilines is 1. The molecule has 0 heterocycles. The van der Waals surface area contributed by atoms with Gasteiger partial charge in [0.15, 0.2) is 0 Å². The first kappa shape index (κ1) is 11.8. The second-order valence-corrected chi connectivity index (χ2v) is 4.73. The normalized spacial score (nSPS) is 27.1. The van der Waals surface area contributed by atoms with Crippen molar-refractivity contribution in [3.63, 3.8) is 0 Å². The van der Waals surface area contributed by atoms with Gasteiger partial charge in [0, 0.05) is 0 Å². The second-order valence-electron chi connectivity index (χ2n) is 4.73. The van der Waals surface area contributed by atoms with Crippen LogP contribution in [0.15, 0.2) is 24.3 Å². The number of carboxylic acid groups (broad SMARTS) is 1. The second kappa shape index (κ2) is 4.28. The molecule has 0 spiro atoms. The van der Waals surface area contributed by atoms with Crippen LogP contribution in [0.5, 0.6) is 5.75 Å². The molecule has 0 unspecified atom stereocenters. The van der Waals surface area contributed by atoms with E-state index in [0.717, 1.165) is 5.69 Å². The fourth-order valence-electron chi connectivity index (χ4n) is 2.47. The lowest BCUT2D eigenvalue weighted by molar-refractivity contribution is -0.147. The highest BCUT2D eigenvalue weighted by molar-refractivity contribution is 5.85. The Hall–Kier alpha value is -1.71. The van der Waals surface area contributed by atoms with Crippen LogP contribution in [0.4, 0.5) is 5.69 Å². The molecule has 0 aliphatic heterocycles. The van der Waals surface area contributed by atoms with Crippen LogP contribution in [0.2, 0.25) is 0 Å². The molecule has 92 valence electrons. The third-order valence-corrected chi connectivity index (χ3v) is 3.28. The van der Waals surface area contributed by atoms with Gasteiger partial charge < -0.3 is 15.2 Å². The van der Waals surface area contributed by atoms with Crippen molar-refractivity contribution in [1.82, 2.24) is 0 Å². The molecule has 0 aromatic heterocycles. The predicted molar refractivity (Wildman–Crippen MR) is 65.4 cm³/mol. The standard InChI is InChI=1S/C13H17NO3/c1-9-7-13(8-9,12(15)16)14-10-5-3-4-6-11(10)17-2/h3-6,9,14H,7-8H2,1-2H3,(H,15,16). The topological polar surface area (TPSA) is 58.6 Å². The van der Waals surface area contributed by atoms with Crippen molar-refractivity contribution in [3.05, 3.63) is 24.3 Å². The molecule has 0 bridgehead atoms. The number of carbonyl (C=O) groups is 1. The Kier molecular flexibility index (Phi) is 2.96. The summed E-state index contributed by atoms with van der Waals surface area (Å²) < 4.78 is 5.21. The van der Waals surface area contributed by atoms with Crippen molar-refractivity contribution in [2.75, 3.05) is 12.4 Å². The van der Waals surface area contributed by atoms with E-state index in [1.54, 1.807) is 7.11 Å². The van der Waals surface area contributed by atoms with E-state index in [0.29, 0.717) is 24.5 Å². The van der Waals surface area contributed by atoms with Gasteiger partial charge >= 0.3 is 5.97 Å². The number of hydrogen-bond donors (Lipinski definition) is 2. The van der Waals surface area contributed by atoms with Gasteiger partial charge in [-0.2, -0.15) is 0 Å². The van der Waals surface area contributed by atoms with Crippen molar-refractivity contribution in [3.8, 4) is 5.75 Å². The third kappa shape index (κ3) is 2.07. The van der Waals surface area contributed by atoms with Crippen LogP contribution in [0.25, 0.3) is 0 Å². The van der Waals surface area contributed by atoms with Crippen molar-refractivity contribution in [1.29, 1.82) is 0 Å². The van der Waals surface area contributed by atoms with E-state index in [1.165, 1.54) is 0 Å². The van der Waals surface area contributed by atoms with Crippen LogP contribution < -0.4 is 10.1 Å². The molecule has 1 aromatic carbocycles. The number of hydrogen-bond acceptors (Lipinski definition) is 3. The SMILES string of the molecule is COc1ccccc1NC1(C(=O)O)CC(C)C1. The zero-order valence-electron chi connectivity index (χ0n) is 10.1. The van der Waals surface area contributed by atoms with E-state index in [4.69, 9.17) is 4.74 Å². The molecular formula is C13H17NO3. The van der Waals surface area contributed by atoms with Gasteiger partial charge in [-0.3, -0.25) is 0 Å². The molecule has 0 amide bonds. The van der Waals surface area contributed by atoms with E-state index >= 15 is 0 Å². The molecule has 17 heavy (non-hydrogen) atoms. The molecule has 1 aliphatic carbocycles. The summed E-state index contributed by atoms with van der Waals surface area (Å²) in [7, 11) is 1.58. The molecule has 0 radical (unpaired) electrons. The lowest BCUT2D eigenvalue weighted by atomic mass is 9.69. The first-order valence-corrected chi connectivity index (χ1v) is 5.72. The minimum atomic E-state index is -0.825. The van der Waals surface area contributed by atoms with Gasteiger partial charge in [0.2, 0.25) is 0 Å². The van der Waals surface area contributed by atoms with Crippen LogP contribution >= 0.6 is 0 Å². The fraction of sp³-hybridized carbons (Fsp3) is 0.462. The number of methoxy groups -OCH3 is 1. The van der Waals surface area contributed by atoms with Crippen molar-refractivity contribution in [2.24, 2.45) is 5.92 Å². The Bertz CT molecular complexity index is 424. The van der Waals surface area contributed by atoms with E-state index in [2.05, 4.69) is 12.2 Å². The summed E-state index contributed by atoms with van der Waals surface area (Å²) in [4.78, 5) is 11.3. The predicted octanol–water partition coefficient (Wildman–Crippen LogP) is 2.36. The van der Waals surface area contributed by atoms with Crippen molar-refractivity contribution < 1.29 is 14.6 Å². The van der Waals surface area contributed by atoms with Gasteiger partial charge in [-0.1, -0.05) is 19.1 Å². The van der Waals surface area contributed by atoms with Gasteiger partial charge in [0.05, 0.1) is 12.8 Å². The molecular weight excluding hydrogens is 218 g/mol. The highest BCUT2D eigenvalue weighted by atomic mass is 16.5. The smallest absolute Gasteiger partial charge is 0.329 e. The molecule has 2 N–H and O–H groups in total. The fourth-order valence-corrected chi connectivity index (χ4v) is 2.47. The maximum Gasteiger partial charge on any atom is 0.329 e. The Morgan fingerprint density at radius 2 is 2.12 bits per heavy atom. The average Bonchev–Trinajstić information content (AvgIpc) is 2.27. The molecule has 4 nitrogen and oxygen atoms in total. The Morgan fingerprint density at radius 1 is 1.47 bits per heavy atom. The first-order chi connectivity index (χ1) is 8.07. The van der Waals surface area contributed by atoms with Crippen LogP contribution in [-0.4, -0.2) is 23.7 Å². The summed E-state index contributed by atoms with van der Waals surface area (Å²) in [5.41, 5.74) is -0.0853. The Balaban J connectivity index is 2.22. The van der Waals surface area contributed by atoms with Crippen molar-refractivity contribution in [2.45, 2.75) is 25.3 Å². The molecule has 1 aromatic rings. The monoisotopic (exact) mass is 235 g/mol. The van der Waals surface area contributed by atoms with E-state index in [-0.39, 0.29) is 0 Å². The average molecular weight is 235 g/mol. The summed E-state index contributed by atoms with van der Waals surface area (Å²) in [5, 5.41) is 12.4. The number of carboxylic acids is 1. The maximum absolute atomic E-state index is 11.3. The molecule has 4 heteroatoms. The van der Waals surface area contributed by atoms with Crippen molar-refractivity contribution >= 4 is 11.7 Å². The minimum Gasteiger partial charge on any atom is -0.495 e. The minimum absolute atomic E-state index is 0.452. The molecule has 0 saturated heterocycles. The van der Waals surface area contributed by atoms with Gasteiger partial charge in [-0.15, -0.1) is 0 Å². The van der Waals surface area contributed by atoms with Gasteiger partial charge in [0.25, 0.3) is 0 Å². The molecule has 1 aliphatic rings. The van der Waals surface area contributed by atoms with Crippen LogP contribution in [0, 0.1) is 5.92 Å². The van der Waals surface area contributed by atoms with Crippen LogP contribution in [0.1, 0.15) is 19.8 Å². The van der Waals surface area contributed by atoms with Crippen LogP contribution in [-0.2, 0) is 4.79 Å². The largest absolute Gasteiger partial charge is 0.495 e. The lowest BCUT2D eigenvalue weighted by Crippen LogP contribution is -2.55. The number of benzene rings is 1. The number of ether oxygens (including phenoxy) is 1. The molecule has 2 rings (SSSR count). The summed E-state index contributed by atoms with van der Waals surface area (Å²) >= 11 is 0. The Labute approximate surface area is 101 Å². The highest BCUT2D eigenvalue weighted by Gasteiger charge is 2.49. The third-order valence-electron chi connectivity index (χ3n) is 3.28. The zero-order chi connectivity index (χ0) is 12.5. The first-order valence-electron chi connectivity index (χ1n) is 5.72. The van der Waals surface area contributed by atoms with Crippen LogP contribution in [0.3, 0.4) is 0 Å². The summed E-state index contributed by atoms with van der Waals surface area (Å²) in [6.45, 7) is 2.06. The zero-order valence-corrected chi connectivity index (χ0v) is 10.1. The Morgan fingerprint density at radius 3 is 2.65 bits per heavy atom. The lowest BCUT2D eigenvalue weighted by Gasteiger charge is -2.44.